The zero-order valence-corrected chi connectivity index (χ0v) is 13.4. The van der Waals surface area contributed by atoms with E-state index in [2.05, 4.69) is 51.2 Å². The van der Waals surface area contributed by atoms with Crippen molar-refractivity contribution in [2.24, 2.45) is 5.92 Å². The monoisotopic (exact) mass is 281 g/mol. The number of hydrogen-bond acceptors (Lipinski definition) is 3. The summed E-state index contributed by atoms with van der Waals surface area (Å²) < 4.78 is 0. The number of nitrogens with one attached hydrogen (secondary N) is 1. The Hall–Kier alpha value is -0.510. The van der Waals surface area contributed by atoms with Crippen molar-refractivity contribution in [1.82, 2.24) is 5.32 Å². The predicted molar refractivity (Wildman–Crippen MR) is 84.7 cm³/mol. The molecule has 0 radical (unpaired) electrons. The van der Waals surface area contributed by atoms with Crippen LogP contribution < -0.4 is 5.32 Å². The number of hydrogen-bond donors (Lipinski definition) is 2. The van der Waals surface area contributed by atoms with Gasteiger partial charge in [0, 0.05) is 23.3 Å². The number of aliphatic hydroxyl groups is 1. The van der Waals surface area contributed by atoms with Crippen molar-refractivity contribution >= 4 is 11.8 Å². The lowest BCUT2D eigenvalue weighted by Gasteiger charge is -2.13. The van der Waals surface area contributed by atoms with Crippen LogP contribution in [-0.4, -0.2) is 23.5 Å². The molecule has 1 rings (SSSR count). The molecule has 19 heavy (non-hydrogen) atoms. The third kappa shape index (κ3) is 6.46. The number of aliphatic hydroxyl groups excluding tert-OH is 1. The summed E-state index contributed by atoms with van der Waals surface area (Å²) >= 11 is 1.85. The molecule has 0 aliphatic carbocycles. The molecule has 0 aliphatic heterocycles. The molecule has 0 aliphatic rings. The van der Waals surface area contributed by atoms with Crippen molar-refractivity contribution in [1.29, 1.82) is 0 Å². The Balaban J connectivity index is 2.54. The minimum atomic E-state index is 0.268. The highest BCUT2D eigenvalue weighted by Crippen LogP contribution is 2.28. The van der Waals surface area contributed by atoms with Crippen LogP contribution in [0.25, 0.3) is 0 Å². The molecule has 0 spiro atoms. The minimum Gasteiger partial charge on any atom is -0.396 e. The van der Waals surface area contributed by atoms with E-state index >= 15 is 0 Å². The average molecular weight is 281 g/mol. The van der Waals surface area contributed by atoms with Gasteiger partial charge >= 0.3 is 0 Å². The van der Waals surface area contributed by atoms with Crippen molar-refractivity contribution in [2.45, 2.75) is 50.8 Å². The number of benzene rings is 1. The summed E-state index contributed by atoms with van der Waals surface area (Å²) in [6.45, 7) is 11.0. The summed E-state index contributed by atoms with van der Waals surface area (Å²) in [4.78, 5) is 1.33. The van der Waals surface area contributed by atoms with Gasteiger partial charge < -0.3 is 10.4 Å². The fourth-order valence-corrected chi connectivity index (χ4v) is 2.96. The highest BCUT2D eigenvalue weighted by molar-refractivity contribution is 8.00. The van der Waals surface area contributed by atoms with Gasteiger partial charge in [0.25, 0.3) is 0 Å². The molecule has 1 aromatic rings. The molecular formula is C16H27NOS. The molecule has 0 bridgehead atoms. The van der Waals surface area contributed by atoms with E-state index in [1.54, 1.807) is 0 Å². The molecule has 2 nitrogen and oxygen atoms in total. The van der Waals surface area contributed by atoms with Gasteiger partial charge in [-0.25, -0.2) is 0 Å². The minimum absolute atomic E-state index is 0.268. The number of thioether (sulfide) groups is 1. The Kier molecular flexibility index (Phi) is 7.51. The second kappa shape index (κ2) is 8.62. The molecule has 0 aromatic heterocycles. The first-order valence-corrected chi connectivity index (χ1v) is 7.98. The second-order valence-corrected chi connectivity index (χ2v) is 7.05. The van der Waals surface area contributed by atoms with Crippen LogP contribution in [-0.2, 0) is 6.54 Å². The molecule has 0 fully saturated rings. The Bertz CT molecular complexity index is 379. The zero-order chi connectivity index (χ0) is 14.3. The maximum Gasteiger partial charge on any atom is 0.0441 e. The van der Waals surface area contributed by atoms with Gasteiger partial charge in [-0.05, 0) is 43.0 Å². The van der Waals surface area contributed by atoms with E-state index in [1.165, 1.54) is 16.0 Å². The van der Waals surface area contributed by atoms with Crippen molar-refractivity contribution in [3.63, 3.8) is 0 Å². The number of rotatable bonds is 8. The van der Waals surface area contributed by atoms with Gasteiger partial charge in [0.1, 0.15) is 0 Å². The van der Waals surface area contributed by atoms with Crippen LogP contribution in [0.15, 0.2) is 23.1 Å². The van der Waals surface area contributed by atoms with E-state index in [9.17, 15) is 0 Å². The van der Waals surface area contributed by atoms with E-state index in [1.807, 2.05) is 11.8 Å². The van der Waals surface area contributed by atoms with Crippen LogP contribution in [0.3, 0.4) is 0 Å². The second-order valence-electron chi connectivity index (χ2n) is 5.57. The first-order valence-electron chi connectivity index (χ1n) is 7.10. The molecule has 1 atom stereocenters. The summed E-state index contributed by atoms with van der Waals surface area (Å²) in [7, 11) is 0. The first kappa shape index (κ1) is 16.5. The lowest BCUT2D eigenvalue weighted by Crippen LogP contribution is -2.18. The van der Waals surface area contributed by atoms with Crippen LogP contribution in [0.4, 0.5) is 0 Å². The molecular weight excluding hydrogens is 254 g/mol. The van der Waals surface area contributed by atoms with E-state index in [0.29, 0.717) is 11.2 Å². The van der Waals surface area contributed by atoms with Crippen molar-refractivity contribution in [3.8, 4) is 0 Å². The van der Waals surface area contributed by atoms with Gasteiger partial charge in [-0.2, -0.15) is 0 Å². The lowest BCUT2D eigenvalue weighted by molar-refractivity contribution is 0.289. The van der Waals surface area contributed by atoms with Gasteiger partial charge in [-0.3, -0.25) is 0 Å². The van der Waals surface area contributed by atoms with Gasteiger partial charge in [-0.15, -0.1) is 11.8 Å². The summed E-state index contributed by atoms with van der Waals surface area (Å²) in [6.07, 6.45) is 0.849. The molecule has 0 heterocycles. The lowest BCUT2D eigenvalue weighted by atomic mass is 10.1. The van der Waals surface area contributed by atoms with Crippen LogP contribution in [0.2, 0.25) is 0 Å². The Morgan fingerprint density at radius 2 is 2.00 bits per heavy atom. The smallest absolute Gasteiger partial charge is 0.0441 e. The molecule has 108 valence electrons. The summed E-state index contributed by atoms with van der Waals surface area (Å²) in [5.74, 6) is 0.690. The van der Waals surface area contributed by atoms with Crippen LogP contribution in [0, 0.1) is 12.8 Å². The Morgan fingerprint density at radius 3 is 2.58 bits per heavy atom. The van der Waals surface area contributed by atoms with Gasteiger partial charge in [0.05, 0.1) is 0 Å². The third-order valence-corrected chi connectivity index (χ3v) is 4.33. The van der Waals surface area contributed by atoms with E-state index in [4.69, 9.17) is 5.11 Å². The fraction of sp³-hybridized carbons (Fsp3) is 0.625. The third-order valence-electron chi connectivity index (χ3n) is 2.98. The molecule has 0 saturated heterocycles. The highest BCUT2D eigenvalue weighted by atomic mass is 32.2. The molecule has 3 heteroatoms. The summed E-state index contributed by atoms with van der Waals surface area (Å²) in [6, 6.07) is 6.68. The maximum atomic E-state index is 8.95. The Morgan fingerprint density at radius 1 is 1.26 bits per heavy atom. The fourth-order valence-electron chi connectivity index (χ4n) is 1.92. The maximum absolute atomic E-state index is 8.95. The normalized spacial score (nSPS) is 12.9. The van der Waals surface area contributed by atoms with Crippen molar-refractivity contribution < 1.29 is 5.11 Å². The van der Waals surface area contributed by atoms with Crippen molar-refractivity contribution in [2.75, 3.05) is 13.2 Å². The van der Waals surface area contributed by atoms with E-state index in [-0.39, 0.29) is 6.61 Å². The predicted octanol–water partition coefficient (Wildman–Crippen LogP) is 3.60. The Labute approximate surface area is 122 Å². The van der Waals surface area contributed by atoms with E-state index in [0.717, 1.165) is 19.5 Å². The SMILES string of the molecule is Cc1cc(CNCC(C)C)ccc1SC(C)CCO. The average Bonchev–Trinajstić information content (AvgIpc) is 2.32. The summed E-state index contributed by atoms with van der Waals surface area (Å²) in [5.41, 5.74) is 2.68. The van der Waals surface area contributed by atoms with Crippen LogP contribution in [0.5, 0.6) is 0 Å². The molecule has 0 amide bonds. The van der Waals surface area contributed by atoms with E-state index < -0.39 is 0 Å². The first-order chi connectivity index (χ1) is 9.02. The number of aryl methyl sites for hydroxylation is 1. The van der Waals surface area contributed by atoms with Gasteiger partial charge in [0.2, 0.25) is 0 Å². The largest absolute Gasteiger partial charge is 0.396 e. The van der Waals surface area contributed by atoms with Crippen LogP contribution >= 0.6 is 11.8 Å². The molecule has 1 aromatic carbocycles. The topological polar surface area (TPSA) is 32.3 Å². The molecule has 1 unspecified atom stereocenters. The van der Waals surface area contributed by atoms with Crippen LogP contribution in [0.1, 0.15) is 38.3 Å². The molecule has 0 saturated carbocycles. The zero-order valence-electron chi connectivity index (χ0n) is 12.6. The van der Waals surface area contributed by atoms with Gasteiger partial charge in [-0.1, -0.05) is 32.9 Å². The summed E-state index contributed by atoms with van der Waals surface area (Å²) in [5, 5.41) is 12.9. The quantitative estimate of drug-likeness (QED) is 0.714. The van der Waals surface area contributed by atoms with Crippen molar-refractivity contribution in [3.05, 3.63) is 29.3 Å². The molecule has 2 N–H and O–H groups in total. The standard InChI is InChI=1S/C16H27NOS/c1-12(2)10-17-11-15-5-6-16(13(3)9-15)19-14(4)7-8-18/h5-6,9,12,14,17-18H,7-8,10-11H2,1-4H3. The highest BCUT2D eigenvalue weighted by Gasteiger charge is 2.07. The van der Waals surface area contributed by atoms with Gasteiger partial charge in [0.15, 0.2) is 0 Å².